The number of anilines is 1. The number of carboxylic acid groups (broad SMARTS) is 1. The smallest absolute Gasteiger partial charge is 0.407 e. The molecule has 4 N–H and O–H groups in total. The van der Waals surface area contributed by atoms with Gasteiger partial charge in [-0.05, 0) is 52.3 Å². The predicted molar refractivity (Wildman–Crippen MR) is 135 cm³/mol. The van der Waals surface area contributed by atoms with Crippen LogP contribution in [0.15, 0.2) is 36.8 Å². The van der Waals surface area contributed by atoms with Crippen molar-refractivity contribution in [1.29, 1.82) is 0 Å². The van der Waals surface area contributed by atoms with E-state index in [0.717, 1.165) is 10.9 Å². The summed E-state index contributed by atoms with van der Waals surface area (Å²) in [5.74, 6) is 0.00803. The third-order valence-electron chi connectivity index (χ3n) is 5.64. The van der Waals surface area contributed by atoms with Crippen molar-refractivity contribution in [2.75, 3.05) is 18.4 Å². The van der Waals surface area contributed by atoms with Gasteiger partial charge in [0.25, 0.3) is 5.91 Å². The summed E-state index contributed by atoms with van der Waals surface area (Å²) in [6.45, 7) is 8.59. The number of nitrogens with zero attached hydrogens (tertiary/aromatic N) is 4. The summed E-state index contributed by atoms with van der Waals surface area (Å²) < 4.78 is 15.9. The summed E-state index contributed by atoms with van der Waals surface area (Å²) in [4.78, 5) is 34.4. The summed E-state index contributed by atoms with van der Waals surface area (Å²) in [5.41, 5.74) is 0.589. The highest BCUT2D eigenvalue weighted by molar-refractivity contribution is 5.99. The van der Waals surface area contributed by atoms with Crippen molar-refractivity contribution in [2.24, 2.45) is 0 Å². The lowest BCUT2D eigenvalue weighted by Gasteiger charge is -2.23. The third-order valence-corrected chi connectivity index (χ3v) is 5.64. The minimum atomic E-state index is -1.63. The van der Waals surface area contributed by atoms with Gasteiger partial charge in [-0.15, -0.1) is 0 Å². The molecular weight excluding hydrogens is 467 g/mol. The lowest BCUT2D eigenvalue weighted by atomic mass is 10.0. The van der Waals surface area contributed by atoms with E-state index in [-0.39, 0.29) is 24.7 Å². The molecule has 0 aromatic carbocycles. The topological polar surface area (TPSA) is 133 Å². The van der Waals surface area contributed by atoms with Crippen LogP contribution in [0, 0.1) is 0 Å². The number of carbonyl (C=O) groups is 2. The summed E-state index contributed by atoms with van der Waals surface area (Å²) in [6, 6.07) is 5.47. The van der Waals surface area contributed by atoms with Crippen LogP contribution < -0.4 is 10.6 Å². The SMILES string of the molecule is CCN(Cc1cnc2c(ccn2-c2cc(NC(C)C)c(C(=O)NCC(F)C(C)(C)O)cn2)c1)C(=O)O. The summed E-state index contributed by atoms with van der Waals surface area (Å²) in [5, 5.41) is 25.6. The molecule has 0 saturated heterocycles. The Morgan fingerprint density at radius 1 is 1.22 bits per heavy atom. The van der Waals surface area contributed by atoms with Crippen LogP contribution >= 0.6 is 0 Å². The van der Waals surface area contributed by atoms with E-state index in [1.54, 1.807) is 30.0 Å². The van der Waals surface area contributed by atoms with Gasteiger partial charge >= 0.3 is 6.09 Å². The van der Waals surface area contributed by atoms with Gasteiger partial charge in [-0.2, -0.15) is 0 Å². The molecule has 3 aromatic heterocycles. The first-order valence-corrected chi connectivity index (χ1v) is 11.8. The number of amides is 2. The molecule has 10 nitrogen and oxygen atoms in total. The largest absolute Gasteiger partial charge is 0.465 e. The summed E-state index contributed by atoms with van der Waals surface area (Å²) in [6.07, 6.45) is 2.23. The van der Waals surface area contributed by atoms with E-state index in [0.29, 0.717) is 23.7 Å². The first kappa shape index (κ1) is 26.9. The molecular formula is C25H33FN6O4. The fourth-order valence-electron chi connectivity index (χ4n) is 3.59. The molecule has 0 saturated carbocycles. The summed E-state index contributed by atoms with van der Waals surface area (Å²) in [7, 11) is 0. The zero-order valence-electron chi connectivity index (χ0n) is 21.1. The molecule has 0 bridgehead atoms. The van der Waals surface area contributed by atoms with Crippen LogP contribution in [0.25, 0.3) is 16.9 Å². The highest BCUT2D eigenvalue weighted by Crippen LogP contribution is 2.24. The lowest BCUT2D eigenvalue weighted by molar-refractivity contribution is -0.00177. The summed E-state index contributed by atoms with van der Waals surface area (Å²) >= 11 is 0. The Kier molecular flexibility index (Phi) is 8.13. The van der Waals surface area contributed by atoms with Gasteiger partial charge in [0.05, 0.1) is 29.9 Å². The van der Waals surface area contributed by atoms with Gasteiger partial charge in [0.2, 0.25) is 0 Å². The molecule has 1 atom stereocenters. The molecule has 0 aliphatic heterocycles. The van der Waals surface area contributed by atoms with Crippen LogP contribution in [0.2, 0.25) is 0 Å². The number of aliphatic hydroxyl groups is 1. The number of alkyl halides is 1. The second kappa shape index (κ2) is 10.9. The maximum atomic E-state index is 14.1. The van der Waals surface area contributed by atoms with Gasteiger partial charge in [0.15, 0.2) is 0 Å². The molecule has 0 aliphatic carbocycles. The van der Waals surface area contributed by atoms with Crippen LogP contribution in [-0.4, -0.2) is 72.6 Å². The fourth-order valence-corrected chi connectivity index (χ4v) is 3.59. The number of fused-ring (bicyclic) bond motifs is 1. The standard InChI is InChI=1S/C25H33FN6O4/c1-6-31(24(34)35)14-16-9-17-7-8-32(22(17)28-11-16)21-10-19(30-15(2)3)18(12-27-21)23(33)29-13-20(26)25(4,5)36/h7-12,15,20,36H,6,13-14H2,1-5H3,(H,27,30)(H,29,33)(H,34,35). The normalized spacial score (nSPS) is 12.6. The van der Waals surface area contributed by atoms with Crippen LogP contribution in [0.4, 0.5) is 14.9 Å². The molecule has 36 heavy (non-hydrogen) atoms. The Morgan fingerprint density at radius 2 is 1.94 bits per heavy atom. The Labute approximate surface area is 209 Å². The van der Waals surface area contributed by atoms with Crippen molar-refractivity contribution in [3.05, 3.63) is 47.9 Å². The van der Waals surface area contributed by atoms with E-state index < -0.39 is 23.8 Å². The molecule has 11 heteroatoms. The van der Waals surface area contributed by atoms with Gasteiger partial charge in [-0.3, -0.25) is 9.36 Å². The number of pyridine rings is 2. The van der Waals surface area contributed by atoms with Crippen LogP contribution in [0.1, 0.15) is 50.5 Å². The molecule has 2 amide bonds. The van der Waals surface area contributed by atoms with Crippen molar-refractivity contribution in [2.45, 2.75) is 59.0 Å². The quantitative estimate of drug-likeness (QED) is 0.334. The zero-order valence-corrected chi connectivity index (χ0v) is 21.1. The molecule has 194 valence electrons. The predicted octanol–water partition coefficient (Wildman–Crippen LogP) is 3.58. The molecule has 3 aromatic rings. The molecule has 1 unspecified atom stereocenters. The van der Waals surface area contributed by atoms with Crippen LogP contribution in [-0.2, 0) is 6.54 Å². The van der Waals surface area contributed by atoms with E-state index in [1.165, 1.54) is 24.9 Å². The Hall–Kier alpha value is -3.73. The van der Waals surface area contributed by atoms with Gasteiger partial charge in [0, 0.05) is 42.6 Å². The van der Waals surface area contributed by atoms with Crippen molar-refractivity contribution in [3.63, 3.8) is 0 Å². The second-order valence-corrected chi connectivity index (χ2v) is 9.46. The van der Waals surface area contributed by atoms with E-state index in [2.05, 4.69) is 20.6 Å². The van der Waals surface area contributed by atoms with E-state index in [1.807, 2.05) is 26.0 Å². The minimum absolute atomic E-state index is 0.00920. The molecule has 0 spiro atoms. The van der Waals surface area contributed by atoms with Crippen molar-refractivity contribution >= 4 is 28.7 Å². The molecule has 3 heterocycles. The first-order valence-electron chi connectivity index (χ1n) is 11.8. The van der Waals surface area contributed by atoms with Crippen LogP contribution in [0.5, 0.6) is 0 Å². The third kappa shape index (κ3) is 6.28. The lowest BCUT2D eigenvalue weighted by Crippen LogP contribution is -2.42. The molecule has 3 rings (SSSR count). The highest BCUT2D eigenvalue weighted by Gasteiger charge is 2.27. The Bertz CT molecular complexity index is 1240. The molecule has 0 aliphatic rings. The molecule has 0 fully saturated rings. The average Bonchev–Trinajstić information content (AvgIpc) is 3.22. The Morgan fingerprint density at radius 3 is 2.56 bits per heavy atom. The number of aromatic nitrogens is 3. The number of rotatable bonds is 10. The van der Waals surface area contributed by atoms with Crippen molar-refractivity contribution < 1.29 is 24.2 Å². The van der Waals surface area contributed by atoms with Gasteiger partial charge in [-0.1, -0.05) is 0 Å². The number of halogens is 1. The molecule has 0 radical (unpaired) electrons. The maximum absolute atomic E-state index is 14.1. The zero-order chi connectivity index (χ0) is 26.6. The number of nitrogens with one attached hydrogen (secondary N) is 2. The van der Waals surface area contributed by atoms with Crippen LogP contribution in [0.3, 0.4) is 0 Å². The number of carbonyl (C=O) groups excluding carboxylic acids is 1. The highest BCUT2D eigenvalue weighted by atomic mass is 19.1. The van der Waals surface area contributed by atoms with Crippen molar-refractivity contribution in [3.8, 4) is 5.82 Å². The maximum Gasteiger partial charge on any atom is 0.407 e. The first-order chi connectivity index (χ1) is 16.9. The minimum Gasteiger partial charge on any atom is -0.465 e. The van der Waals surface area contributed by atoms with Gasteiger partial charge in [-0.25, -0.2) is 19.2 Å². The van der Waals surface area contributed by atoms with Crippen molar-refractivity contribution in [1.82, 2.24) is 24.8 Å². The fraction of sp³-hybridized carbons (Fsp3) is 0.440. The number of hydrogen-bond acceptors (Lipinski definition) is 6. The monoisotopic (exact) mass is 500 g/mol. The second-order valence-electron chi connectivity index (χ2n) is 9.46. The average molecular weight is 501 g/mol. The number of hydrogen-bond donors (Lipinski definition) is 4. The van der Waals surface area contributed by atoms with Gasteiger partial charge < -0.3 is 25.7 Å². The van der Waals surface area contributed by atoms with E-state index in [9.17, 15) is 24.2 Å². The van der Waals surface area contributed by atoms with Gasteiger partial charge in [0.1, 0.15) is 17.6 Å². The van der Waals surface area contributed by atoms with E-state index in [4.69, 9.17) is 0 Å². The Balaban J connectivity index is 1.90. The van der Waals surface area contributed by atoms with E-state index >= 15 is 0 Å².